The molecule has 1 aromatic heterocycles. The molecule has 20 heavy (non-hydrogen) atoms. The first-order valence-electron chi connectivity index (χ1n) is 5.56. The largest absolute Gasteiger partial charge is 0.433 e. The molecule has 0 saturated heterocycles. The predicted molar refractivity (Wildman–Crippen MR) is 69.6 cm³/mol. The number of anilines is 2. The quantitative estimate of drug-likeness (QED) is 0.875. The number of alkyl halides is 3. The molecule has 0 atom stereocenters. The monoisotopic (exact) mass is 312 g/mol. The van der Waals surface area contributed by atoms with Gasteiger partial charge in [0.05, 0.1) is 5.75 Å². The van der Waals surface area contributed by atoms with E-state index in [0.717, 1.165) is 12.3 Å². The zero-order chi connectivity index (χ0) is 15.6. The summed E-state index contributed by atoms with van der Waals surface area (Å²) >= 11 is 0. The molecule has 0 radical (unpaired) electrons. The molecule has 10 heteroatoms. The molecule has 6 nitrogen and oxygen atoms in total. The van der Waals surface area contributed by atoms with Crippen molar-refractivity contribution in [1.29, 1.82) is 0 Å². The molecule has 0 aliphatic carbocycles. The molecule has 1 N–H and O–H groups in total. The molecule has 114 valence electrons. The SMILES string of the molecule is CNc1nc(N(C)CCS(C)(=O)=O)cc(C(F)(F)F)n1. The van der Waals surface area contributed by atoms with E-state index in [-0.39, 0.29) is 24.1 Å². The zero-order valence-corrected chi connectivity index (χ0v) is 12.0. The Hall–Kier alpha value is -1.58. The second kappa shape index (κ2) is 5.81. The van der Waals surface area contributed by atoms with Crippen molar-refractivity contribution in [2.24, 2.45) is 0 Å². The number of hydrogen-bond donors (Lipinski definition) is 1. The molecule has 1 aromatic rings. The second-order valence-electron chi connectivity index (χ2n) is 4.23. The molecule has 1 rings (SSSR count). The van der Waals surface area contributed by atoms with Crippen molar-refractivity contribution in [2.75, 3.05) is 42.9 Å². The summed E-state index contributed by atoms with van der Waals surface area (Å²) in [5.74, 6) is -0.356. The molecule has 0 bridgehead atoms. The summed E-state index contributed by atoms with van der Waals surface area (Å²) in [5, 5.41) is 2.44. The van der Waals surface area contributed by atoms with Gasteiger partial charge in [-0.2, -0.15) is 18.2 Å². The summed E-state index contributed by atoms with van der Waals surface area (Å²) in [6, 6.07) is 0.781. The van der Waals surface area contributed by atoms with E-state index in [1.807, 2.05) is 0 Å². The molecule has 0 spiro atoms. The molecule has 0 fully saturated rings. The first kappa shape index (κ1) is 16.5. The van der Waals surface area contributed by atoms with Crippen molar-refractivity contribution in [2.45, 2.75) is 6.18 Å². The van der Waals surface area contributed by atoms with Gasteiger partial charge >= 0.3 is 6.18 Å². The third kappa shape index (κ3) is 4.83. The van der Waals surface area contributed by atoms with Crippen LogP contribution in [0.15, 0.2) is 6.07 Å². The molecular formula is C10H15F3N4O2S. The highest BCUT2D eigenvalue weighted by Gasteiger charge is 2.34. The van der Waals surface area contributed by atoms with Gasteiger partial charge in [-0.1, -0.05) is 0 Å². The van der Waals surface area contributed by atoms with E-state index in [2.05, 4.69) is 15.3 Å². The van der Waals surface area contributed by atoms with Crippen LogP contribution in [-0.4, -0.2) is 51.0 Å². The van der Waals surface area contributed by atoms with Gasteiger partial charge in [-0.3, -0.25) is 0 Å². The Kier molecular flexibility index (Phi) is 4.79. The summed E-state index contributed by atoms with van der Waals surface area (Å²) in [6.45, 7) is 0.0380. The molecule has 0 aliphatic rings. The van der Waals surface area contributed by atoms with Crippen molar-refractivity contribution in [1.82, 2.24) is 9.97 Å². The van der Waals surface area contributed by atoms with Gasteiger partial charge in [0.15, 0.2) is 5.69 Å². The van der Waals surface area contributed by atoms with E-state index >= 15 is 0 Å². The lowest BCUT2D eigenvalue weighted by molar-refractivity contribution is -0.141. The van der Waals surface area contributed by atoms with Gasteiger partial charge in [0.1, 0.15) is 15.7 Å². The van der Waals surface area contributed by atoms with Crippen LogP contribution in [0, 0.1) is 0 Å². The van der Waals surface area contributed by atoms with Crippen LogP contribution in [0.25, 0.3) is 0 Å². The van der Waals surface area contributed by atoms with Gasteiger partial charge in [-0.25, -0.2) is 13.4 Å². The lowest BCUT2D eigenvalue weighted by atomic mass is 10.3. The van der Waals surface area contributed by atoms with E-state index in [9.17, 15) is 21.6 Å². The number of sulfone groups is 1. The first-order chi connectivity index (χ1) is 9.03. The van der Waals surface area contributed by atoms with E-state index in [4.69, 9.17) is 0 Å². The van der Waals surface area contributed by atoms with Gasteiger partial charge < -0.3 is 10.2 Å². The van der Waals surface area contributed by atoms with Crippen LogP contribution in [0.4, 0.5) is 24.9 Å². The fourth-order valence-electron chi connectivity index (χ4n) is 1.30. The highest BCUT2D eigenvalue weighted by atomic mass is 32.2. The summed E-state index contributed by atoms with van der Waals surface area (Å²) in [5.41, 5.74) is -1.09. The third-order valence-corrected chi connectivity index (χ3v) is 3.34. The summed E-state index contributed by atoms with van der Waals surface area (Å²) in [7, 11) is -0.340. The van der Waals surface area contributed by atoms with Crippen LogP contribution in [0.1, 0.15) is 5.69 Å². The third-order valence-electron chi connectivity index (χ3n) is 2.42. The van der Waals surface area contributed by atoms with Crippen molar-refractivity contribution in [3.05, 3.63) is 11.8 Å². The van der Waals surface area contributed by atoms with Gasteiger partial charge in [0.2, 0.25) is 5.95 Å². The first-order valence-corrected chi connectivity index (χ1v) is 7.62. The Morgan fingerprint density at radius 2 is 1.95 bits per heavy atom. The Labute approximate surface area is 114 Å². The fourth-order valence-corrected chi connectivity index (χ4v) is 1.91. The molecule has 0 amide bonds. The molecule has 0 unspecified atom stereocenters. The Morgan fingerprint density at radius 3 is 2.40 bits per heavy atom. The van der Waals surface area contributed by atoms with Crippen LogP contribution >= 0.6 is 0 Å². The Bertz CT molecular complexity index is 574. The minimum absolute atomic E-state index is 0.000301. The van der Waals surface area contributed by atoms with Crippen LogP contribution < -0.4 is 10.2 Å². The molecule has 1 heterocycles. The van der Waals surface area contributed by atoms with Crippen molar-refractivity contribution in [3.8, 4) is 0 Å². The van der Waals surface area contributed by atoms with Crippen molar-refractivity contribution < 1.29 is 21.6 Å². The predicted octanol–water partition coefficient (Wildman–Crippen LogP) is 1.02. The van der Waals surface area contributed by atoms with Gasteiger partial charge in [0, 0.05) is 33.0 Å². The lowest BCUT2D eigenvalue weighted by Crippen LogP contribution is -2.26. The van der Waals surface area contributed by atoms with Gasteiger partial charge in [-0.05, 0) is 0 Å². The Balaban J connectivity index is 3.05. The number of halogens is 3. The van der Waals surface area contributed by atoms with Gasteiger partial charge in [-0.15, -0.1) is 0 Å². The maximum atomic E-state index is 12.7. The van der Waals surface area contributed by atoms with Crippen LogP contribution in [0.3, 0.4) is 0 Å². The van der Waals surface area contributed by atoms with E-state index < -0.39 is 21.7 Å². The number of nitrogens with one attached hydrogen (secondary N) is 1. The lowest BCUT2D eigenvalue weighted by Gasteiger charge is -2.19. The van der Waals surface area contributed by atoms with Crippen LogP contribution in [0.5, 0.6) is 0 Å². The minimum atomic E-state index is -4.60. The Morgan fingerprint density at radius 1 is 1.35 bits per heavy atom. The van der Waals surface area contributed by atoms with Crippen LogP contribution in [-0.2, 0) is 16.0 Å². The highest BCUT2D eigenvalue weighted by Crippen LogP contribution is 2.30. The summed E-state index contributed by atoms with van der Waals surface area (Å²) in [4.78, 5) is 8.53. The van der Waals surface area contributed by atoms with E-state index in [1.54, 1.807) is 0 Å². The average Bonchev–Trinajstić information content (AvgIpc) is 2.33. The number of rotatable bonds is 5. The summed E-state index contributed by atoms with van der Waals surface area (Å²) in [6.07, 6.45) is -3.54. The highest BCUT2D eigenvalue weighted by molar-refractivity contribution is 7.90. The smallest absolute Gasteiger partial charge is 0.358 e. The molecule has 0 aliphatic heterocycles. The minimum Gasteiger partial charge on any atom is -0.358 e. The molecule has 0 saturated carbocycles. The fraction of sp³-hybridized carbons (Fsp3) is 0.600. The standard InChI is InChI=1S/C10H15F3N4O2S/c1-14-9-15-7(10(11,12)13)6-8(16-9)17(2)4-5-20(3,18)19/h6H,4-5H2,1-3H3,(H,14,15,16). The van der Waals surface area contributed by atoms with E-state index in [0.29, 0.717) is 0 Å². The van der Waals surface area contributed by atoms with Crippen LogP contribution in [0.2, 0.25) is 0 Å². The van der Waals surface area contributed by atoms with E-state index in [1.165, 1.54) is 19.0 Å². The second-order valence-corrected chi connectivity index (χ2v) is 6.49. The normalized spacial score (nSPS) is 12.3. The number of hydrogen-bond acceptors (Lipinski definition) is 6. The summed E-state index contributed by atoms with van der Waals surface area (Å²) < 4.78 is 60.2. The number of nitrogens with zero attached hydrogens (tertiary/aromatic N) is 3. The molecular weight excluding hydrogens is 297 g/mol. The average molecular weight is 312 g/mol. The number of aromatic nitrogens is 2. The maximum absolute atomic E-state index is 12.7. The van der Waals surface area contributed by atoms with Gasteiger partial charge in [0.25, 0.3) is 0 Å². The van der Waals surface area contributed by atoms with Crippen molar-refractivity contribution >= 4 is 21.6 Å². The topological polar surface area (TPSA) is 75.2 Å². The zero-order valence-electron chi connectivity index (χ0n) is 11.2. The maximum Gasteiger partial charge on any atom is 0.433 e. The van der Waals surface area contributed by atoms with Crippen molar-refractivity contribution in [3.63, 3.8) is 0 Å². The molecule has 0 aromatic carbocycles.